The number of carboxylic acid groups (broad SMARTS) is 1. The van der Waals surface area contributed by atoms with Gasteiger partial charge in [0.2, 0.25) is 0 Å². The van der Waals surface area contributed by atoms with Crippen molar-refractivity contribution in [3.63, 3.8) is 0 Å². The van der Waals surface area contributed by atoms with Crippen molar-refractivity contribution in [3.8, 4) is 11.1 Å². The Morgan fingerprint density at radius 3 is 2.00 bits per heavy atom. The first kappa shape index (κ1) is 23.0. The van der Waals surface area contributed by atoms with Crippen LogP contribution < -0.4 is 10.6 Å². The van der Waals surface area contributed by atoms with E-state index >= 15 is 0 Å². The van der Waals surface area contributed by atoms with Crippen molar-refractivity contribution < 1.29 is 32.7 Å². The number of benzene rings is 3. The van der Waals surface area contributed by atoms with Crippen molar-refractivity contribution in [2.45, 2.75) is 19.0 Å². The van der Waals surface area contributed by atoms with Crippen LogP contribution in [-0.4, -0.2) is 22.9 Å². The molecule has 6 nitrogen and oxygen atoms in total. The van der Waals surface area contributed by atoms with E-state index in [-0.39, 0.29) is 17.9 Å². The van der Waals surface area contributed by atoms with Crippen molar-refractivity contribution in [2.75, 3.05) is 10.6 Å². The summed E-state index contributed by atoms with van der Waals surface area (Å²) in [6.07, 6.45) is -4.26. The Kier molecular flexibility index (Phi) is 6.10. The zero-order valence-corrected chi connectivity index (χ0v) is 17.6. The van der Waals surface area contributed by atoms with Crippen LogP contribution in [0, 0.1) is 5.92 Å². The van der Waals surface area contributed by atoms with Gasteiger partial charge in [-0.3, -0.25) is 9.59 Å². The number of aliphatic carboxylic acids is 1. The van der Waals surface area contributed by atoms with Gasteiger partial charge in [0.15, 0.2) is 5.78 Å². The molecule has 0 aromatic heterocycles. The van der Waals surface area contributed by atoms with Gasteiger partial charge in [0, 0.05) is 22.9 Å². The lowest BCUT2D eigenvalue weighted by Gasteiger charge is -2.10. The standard InChI is InChI=1S/C25H19F3N2O4/c26-25(27,28)18-4-8-20(9-5-18)30-24(34)29-19-6-1-14(2-7-19)15-3-10-21-16(11-15)12-17(23(21)33)13-22(31)32/h1-11,17H,12-13H2,(H,31,32)(H2,29,30,34). The number of Topliss-reactive ketones (excluding diaryl/α,β-unsaturated/α-hetero) is 1. The van der Waals surface area contributed by atoms with Gasteiger partial charge in [0.1, 0.15) is 0 Å². The second-order valence-corrected chi connectivity index (χ2v) is 7.97. The number of alkyl halides is 3. The summed E-state index contributed by atoms with van der Waals surface area (Å²) in [5.41, 5.74) is 2.94. The third kappa shape index (κ3) is 5.09. The van der Waals surface area contributed by atoms with E-state index in [1.165, 1.54) is 12.1 Å². The number of carboxylic acids is 1. The highest BCUT2D eigenvalue weighted by atomic mass is 19.4. The van der Waals surface area contributed by atoms with E-state index in [1.807, 2.05) is 6.07 Å². The van der Waals surface area contributed by atoms with Crippen LogP contribution in [0.25, 0.3) is 11.1 Å². The number of urea groups is 1. The summed E-state index contributed by atoms with van der Waals surface area (Å²) in [5.74, 6) is -1.70. The number of carbonyl (C=O) groups is 3. The van der Waals surface area contributed by atoms with Gasteiger partial charge >= 0.3 is 18.2 Å². The molecule has 3 aromatic rings. The van der Waals surface area contributed by atoms with E-state index in [4.69, 9.17) is 5.11 Å². The topological polar surface area (TPSA) is 95.5 Å². The quantitative estimate of drug-likeness (QED) is 0.438. The van der Waals surface area contributed by atoms with Gasteiger partial charge in [-0.15, -0.1) is 0 Å². The molecule has 0 fully saturated rings. The van der Waals surface area contributed by atoms with E-state index in [0.717, 1.165) is 28.8 Å². The van der Waals surface area contributed by atoms with Gasteiger partial charge in [0.05, 0.1) is 12.0 Å². The number of amides is 2. The van der Waals surface area contributed by atoms with Crippen LogP contribution in [0.2, 0.25) is 0 Å². The summed E-state index contributed by atoms with van der Waals surface area (Å²) in [7, 11) is 0. The number of anilines is 2. The Morgan fingerprint density at radius 2 is 1.44 bits per heavy atom. The summed E-state index contributed by atoms with van der Waals surface area (Å²) in [6, 6.07) is 15.8. The fourth-order valence-corrected chi connectivity index (χ4v) is 3.92. The molecule has 174 valence electrons. The summed E-state index contributed by atoms with van der Waals surface area (Å²) in [4.78, 5) is 35.5. The summed E-state index contributed by atoms with van der Waals surface area (Å²) < 4.78 is 37.9. The number of carbonyl (C=O) groups excluding carboxylic acids is 2. The molecule has 0 heterocycles. The van der Waals surface area contributed by atoms with Gasteiger partial charge in [-0.1, -0.05) is 30.3 Å². The SMILES string of the molecule is O=C(O)CC1Cc2cc(-c3ccc(NC(=O)Nc4ccc(C(F)(F)F)cc4)cc3)ccc2C1=O. The van der Waals surface area contributed by atoms with Crippen molar-refractivity contribution in [2.24, 2.45) is 5.92 Å². The Labute approximate surface area is 192 Å². The summed E-state index contributed by atoms with van der Waals surface area (Å²) in [6.45, 7) is 0. The molecule has 4 rings (SSSR count). The average molecular weight is 468 g/mol. The zero-order chi connectivity index (χ0) is 24.5. The molecule has 1 unspecified atom stereocenters. The van der Waals surface area contributed by atoms with Crippen molar-refractivity contribution in [3.05, 3.63) is 83.4 Å². The molecule has 0 spiro atoms. The zero-order valence-electron chi connectivity index (χ0n) is 17.6. The largest absolute Gasteiger partial charge is 0.481 e. The van der Waals surface area contributed by atoms with Gasteiger partial charge in [0.25, 0.3) is 0 Å². The van der Waals surface area contributed by atoms with Crippen LogP contribution in [-0.2, 0) is 17.4 Å². The number of hydrogen-bond donors (Lipinski definition) is 3. The highest BCUT2D eigenvalue weighted by molar-refractivity contribution is 6.04. The Bertz CT molecular complexity index is 1250. The molecular formula is C25H19F3N2O4. The summed E-state index contributed by atoms with van der Waals surface area (Å²) >= 11 is 0. The minimum absolute atomic E-state index is 0.150. The Hall–Kier alpha value is -4.14. The molecule has 0 bridgehead atoms. The van der Waals surface area contributed by atoms with Crippen molar-refractivity contribution in [1.29, 1.82) is 0 Å². The molecule has 1 aliphatic carbocycles. The normalized spacial score (nSPS) is 15.0. The highest BCUT2D eigenvalue weighted by Gasteiger charge is 2.32. The van der Waals surface area contributed by atoms with Gasteiger partial charge in [-0.05, 0) is 59.5 Å². The molecule has 0 radical (unpaired) electrons. The summed E-state index contributed by atoms with van der Waals surface area (Å²) in [5, 5.41) is 14.1. The van der Waals surface area contributed by atoms with Gasteiger partial charge in [-0.25, -0.2) is 4.79 Å². The lowest BCUT2D eigenvalue weighted by Crippen LogP contribution is -2.19. The van der Waals surface area contributed by atoms with E-state index in [2.05, 4.69) is 10.6 Å². The number of fused-ring (bicyclic) bond motifs is 1. The molecule has 34 heavy (non-hydrogen) atoms. The van der Waals surface area contributed by atoms with E-state index in [1.54, 1.807) is 36.4 Å². The predicted octanol–water partition coefficient (Wildman–Crippen LogP) is 5.85. The second-order valence-electron chi connectivity index (χ2n) is 7.97. The number of rotatable bonds is 5. The lowest BCUT2D eigenvalue weighted by molar-refractivity contribution is -0.138. The van der Waals surface area contributed by atoms with Crippen LogP contribution in [0.15, 0.2) is 66.7 Å². The fraction of sp³-hybridized carbons (Fsp3) is 0.160. The molecule has 0 aliphatic heterocycles. The number of ketones is 1. The molecule has 0 saturated carbocycles. The molecule has 1 atom stereocenters. The first-order valence-electron chi connectivity index (χ1n) is 10.3. The van der Waals surface area contributed by atoms with E-state index < -0.39 is 29.7 Å². The molecule has 2 amide bonds. The fourth-order valence-electron chi connectivity index (χ4n) is 3.92. The van der Waals surface area contributed by atoms with Crippen molar-refractivity contribution >= 4 is 29.2 Å². The smallest absolute Gasteiger partial charge is 0.416 e. The highest BCUT2D eigenvalue weighted by Crippen LogP contribution is 2.33. The van der Waals surface area contributed by atoms with Gasteiger partial charge in [-0.2, -0.15) is 13.2 Å². The minimum atomic E-state index is -4.45. The minimum Gasteiger partial charge on any atom is -0.481 e. The maximum atomic E-state index is 12.6. The Balaban J connectivity index is 1.40. The maximum absolute atomic E-state index is 12.6. The van der Waals surface area contributed by atoms with E-state index in [9.17, 15) is 27.6 Å². The molecular weight excluding hydrogens is 449 g/mol. The second kappa shape index (κ2) is 9.01. The lowest BCUT2D eigenvalue weighted by atomic mass is 10.0. The van der Waals surface area contributed by atoms with Crippen LogP contribution in [0.5, 0.6) is 0 Å². The number of hydrogen-bond acceptors (Lipinski definition) is 3. The monoisotopic (exact) mass is 468 g/mol. The molecule has 3 aromatic carbocycles. The van der Waals surface area contributed by atoms with Crippen molar-refractivity contribution in [1.82, 2.24) is 0 Å². The van der Waals surface area contributed by atoms with E-state index in [0.29, 0.717) is 17.7 Å². The number of nitrogens with one attached hydrogen (secondary N) is 2. The third-order valence-electron chi connectivity index (χ3n) is 5.58. The van der Waals surface area contributed by atoms with Crippen LogP contribution >= 0.6 is 0 Å². The average Bonchev–Trinajstić information content (AvgIpc) is 3.08. The number of halogens is 3. The third-order valence-corrected chi connectivity index (χ3v) is 5.58. The van der Waals surface area contributed by atoms with Crippen LogP contribution in [0.3, 0.4) is 0 Å². The molecule has 0 saturated heterocycles. The molecule has 1 aliphatic rings. The maximum Gasteiger partial charge on any atom is 0.416 e. The first-order chi connectivity index (χ1) is 16.1. The first-order valence-corrected chi connectivity index (χ1v) is 10.3. The van der Waals surface area contributed by atoms with Crippen LogP contribution in [0.1, 0.15) is 27.9 Å². The molecule has 9 heteroatoms. The van der Waals surface area contributed by atoms with Crippen LogP contribution in [0.4, 0.5) is 29.3 Å². The molecule has 3 N–H and O–H groups in total. The Morgan fingerprint density at radius 1 is 0.882 bits per heavy atom. The predicted molar refractivity (Wildman–Crippen MR) is 120 cm³/mol. The van der Waals surface area contributed by atoms with Gasteiger partial charge < -0.3 is 15.7 Å².